The second-order valence-electron chi connectivity index (χ2n) is 5.26. The van der Waals surface area contributed by atoms with Crippen LogP contribution in [-0.2, 0) is 7.05 Å². The Morgan fingerprint density at radius 1 is 1.58 bits per heavy atom. The molecule has 5 heteroatoms. The van der Waals surface area contributed by atoms with Crippen molar-refractivity contribution >= 4 is 5.91 Å². The van der Waals surface area contributed by atoms with Gasteiger partial charge in [-0.3, -0.25) is 9.48 Å². The Labute approximate surface area is 115 Å². The highest BCUT2D eigenvalue weighted by Gasteiger charge is 2.22. The second-order valence-corrected chi connectivity index (χ2v) is 5.26. The molecule has 1 aliphatic heterocycles. The number of aryl methyl sites for hydroxylation is 1. The second kappa shape index (κ2) is 6.19. The number of likely N-dealkylation sites (N-methyl/N-ethyl adjacent to an activating group) is 1. The molecule has 2 heterocycles. The summed E-state index contributed by atoms with van der Waals surface area (Å²) < 4.78 is 1.75. The van der Waals surface area contributed by atoms with Crippen LogP contribution >= 0.6 is 0 Å². The lowest BCUT2D eigenvalue weighted by Crippen LogP contribution is -2.45. The van der Waals surface area contributed by atoms with Gasteiger partial charge in [0.15, 0.2) is 0 Å². The minimum absolute atomic E-state index is 0.0977. The van der Waals surface area contributed by atoms with E-state index in [4.69, 9.17) is 0 Å². The van der Waals surface area contributed by atoms with Crippen molar-refractivity contribution < 1.29 is 4.79 Å². The topological polar surface area (TPSA) is 50.2 Å². The van der Waals surface area contributed by atoms with Gasteiger partial charge in [0.1, 0.15) is 0 Å². The molecule has 0 spiro atoms. The van der Waals surface area contributed by atoms with Gasteiger partial charge in [0.2, 0.25) is 0 Å². The lowest BCUT2D eigenvalue weighted by molar-refractivity contribution is 0.0740. The molecule has 0 radical (unpaired) electrons. The lowest BCUT2D eigenvalue weighted by Gasteiger charge is -2.30. The molecule has 1 atom stereocenters. The van der Waals surface area contributed by atoms with Crippen molar-refractivity contribution in [2.24, 2.45) is 7.05 Å². The number of amides is 1. The Balaban J connectivity index is 2.04. The standard InChI is InChI=1S/C14H24N4O/c1-4-18(10-12-7-5-6-8-15-12)14(19)13-9-16-17(3)11(13)2/h9,12,15H,4-8,10H2,1-3H3. The molecule has 1 unspecified atom stereocenters. The number of rotatable bonds is 4. The SMILES string of the molecule is CCN(CC1CCCCN1)C(=O)c1cnn(C)c1C. The average Bonchev–Trinajstić information content (AvgIpc) is 2.77. The van der Waals surface area contributed by atoms with Crippen LogP contribution < -0.4 is 5.32 Å². The molecular weight excluding hydrogens is 240 g/mol. The number of nitrogens with zero attached hydrogens (tertiary/aromatic N) is 3. The number of carbonyl (C=O) groups excluding carboxylic acids is 1. The fourth-order valence-electron chi connectivity index (χ4n) is 2.58. The van der Waals surface area contributed by atoms with Gasteiger partial charge < -0.3 is 10.2 Å². The van der Waals surface area contributed by atoms with Crippen molar-refractivity contribution in [1.29, 1.82) is 0 Å². The molecule has 106 valence electrons. The zero-order chi connectivity index (χ0) is 13.8. The molecule has 5 nitrogen and oxygen atoms in total. The van der Waals surface area contributed by atoms with E-state index in [0.29, 0.717) is 6.04 Å². The maximum atomic E-state index is 12.5. The number of aromatic nitrogens is 2. The number of piperidine rings is 1. The summed E-state index contributed by atoms with van der Waals surface area (Å²) in [7, 11) is 1.87. The number of hydrogen-bond donors (Lipinski definition) is 1. The third-order valence-electron chi connectivity index (χ3n) is 3.99. The first kappa shape index (κ1) is 14.1. The van der Waals surface area contributed by atoms with Crippen LogP contribution in [-0.4, -0.2) is 46.3 Å². The molecule has 1 N–H and O–H groups in total. The fraction of sp³-hybridized carbons (Fsp3) is 0.714. The smallest absolute Gasteiger partial charge is 0.257 e. The van der Waals surface area contributed by atoms with Crippen LogP contribution in [0, 0.1) is 6.92 Å². The quantitative estimate of drug-likeness (QED) is 0.892. The zero-order valence-electron chi connectivity index (χ0n) is 12.1. The summed E-state index contributed by atoms with van der Waals surface area (Å²) in [5.74, 6) is 0.0977. The van der Waals surface area contributed by atoms with E-state index in [1.807, 2.05) is 25.8 Å². The van der Waals surface area contributed by atoms with Gasteiger partial charge in [-0.25, -0.2) is 0 Å². The third kappa shape index (κ3) is 3.15. The Hall–Kier alpha value is -1.36. The molecule has 1 saturated heterocycles. The maximum Gasteiger partial charge on any atom is 0.257 e. The average molecular weight is 264 g/mol. The van der Waals surface area contributed by atoms with Crippen LogP contribution in [0.5, 0.6) is 0 Å². The van der Waals surface area contributed by atoms with Crippen molar-refractivity contribution in [3.05, 3.63) is 17.5 Å². The van der Waals surface area contributed by atoms with Gasteiger partial charge >= 0.3 is 0 Å². The fourth-order valence-corrected chi connectivity index (χ4v) is 2.58. The molecule has 0 aliphatic carbocycles. The summed E-state index contributed by atoms with van der Waals surface area (Å²) in [6, 6.07) is 0.439. The molecule has 1 fully saturated rings. The van der Waals surface area contributed by atoms with Crippen LogP contribution in [0.15, 0.2) is 6.20 Å². The van der Waals surface area contributed by atoms with Gasteiger partial charge in [0, 0.05) is 31.9 Å². The minimum atomic E-state index is 0.0977. The molecule has 19 heavy (non-hydrogen) atoms. The Kier molecular flexibility index (Phi) is 4.58. The van der Waals surface area contributed by atoms with E-state index in [-0.39, 0.29) is 5.91 Å². The van der Waals surface area contributed by atoms with E-state index >= 15 is 0 Å². The van der Waals surface area contributed by atoms with E-state index in [0.717, 1.165) is 37.3 Å². The van der Waals surface area contributed by atoms with E-state index in [1.54, 1.807) is 10.9 Å². The first-order chi connectivity index (χ1) is 9.13. The lowest BCUT2D eigenvalue weighted by atomic mass is 10.0. The minimum Gasteiger partial charge on any atom is -0.337 e. The van der Waals surface area contributed by atoms with Crippen LogP contribution in [0.25, 0.3) is 0 Å². The Morgan fingerprint density at radius 2 is 2.37 bits per heavy atom. The number of nitrogens with one attached hydrogen (secondary N) is 1. The monoisotopic (exact) mass is 264 g/mol. The molecule has 1 amide bonds. The first-order valence-corrected chi connectivity index (χ1v) is 7.14. The molecule has 2 rings (SSSR count). The zero-order valence-corrected chi connectivity index (χ0v) is 12.1. The van der Waals surface area contributed by atoms with Crippen molar-refractivity contribution in [3.8, 4) is 0 Å². The normalized spacial score (nSPS) is 19.4. The summed E-state index contributed by atoms with van der Waals surface area (Å²) in [5, 5.41) is 7.65. The third-order valence-corrected chi connectivity index (χ3v) is 3.99. The van der Waals surface area contributed by atoms with Gasteiger partial charge in [0.25, 0.3) is 5.91 Å². The van der Waals surface area contributed by atoms with Crippen LogP contribution in [0.4, 0.5) is 0 Å². The maximum absolute atomic E-state index is 12.5. The predicted molar refractivity (Wildman–Crippen MR) is 75.2 cm³/mol. The first-order valence-electron chi connectivity index (χ1n) is 7.14. The van der Waals surface area contributed by atoms with E-state index in [9.17, 15) is 4.79 Å². The summed E-state index contributed by atoms with van der Waals surface area (Å²) in [6.45, 7) is 6.58. The van der Waals surface area contributed by atoms with Crippen LogP contribution in [0.1, 0.15) is 42.2 Å². The highest BCUT2D eigenvalue weighted by atomic mass is 16.2. The van der Waals surface area contributed by atoms with Crippen LogP contribution in [0.3, 0.4) is 0 Å². The van der Waals surface area contributed by atoms with Gasteiger partial charge in [-0.05, 0) is 33.2 Å². The number of carbonyl (C=O) groups is 1. The van der Waals surface area contributed by atoms with Gasteiger partial charge in [-0.15, -0.1) is 0 Å². The highest BCUT2D eigenvalue weighted by Crippen LogP contribution is 2.13. The van der Waals surface area contributed by atoms with Crippen molar-refractivity contribution in [2.75, 3.05) is 19.6 Å². The molecule has 1 aromatic heterocycles. The Bertz CT molecular complexity index is 435. The van der Waals surface area contributed by atoms with Gasteiger partial charge in [0.05, 0.1) is 11.8 Å². The molecule has 1 aromatic rings. The summed E-state index contributed by atoms with van der Waals surface area (Å²) in [5.41, 5.74) is 1.65. The van der Waals surface area contributed by atoms with E-state index in [2.05, 4.69) is 10.4 Å². The van der Waals surface area contributed by atoms with Crippen LogP contribution in [0.2, 0.25) is 0 Å². The van der Waals surface area contributed by atoms with Crippen molar-refractivity contribution in [1.82, 2.24) is 20.0 Å². The Morgan fingerprint density at radius 3 is 2.89 bits per heavy atom. The molecule has 1 aliphatic rings. The molecular formula is C14H24N4O. The van der Waals surface area contributed by atoms with Crippen molar-refractivity contribution in [3.63, 3.8) is 0 Å². The highest BCUT2D eigenvalue weighted by molar-refractivity contribution is 5.95. The molecule has 0 bridgehead atoms. The van der Waals surface area contributed by atoms with Crippen molar-refractivity contribution in [2.45, 2.75) is 39.2 Å². The van der Waals surface area contributed by atoms with E-state index in [1.165, 1.54) is 12.8 Å². The van der Waals surface area contributed by atoms with Gasteiger partial charge in [-0.1, -0.05) is 6.42 Å². The number of hydrogen-bond acceptors (Lipinski definition) is 3. The molecule has 0 saturated carbocycles. The summed E-state index contributed by atoms with van der Waals surface area (Å²) in [4.78, 5) is 14.5. The van der Waals surface area contributed by atoms with E-state index < -0.39 is 0 Å². The largest absolute Gasteiger partial charge is 0.337 e. The molecule has 0 aromatic carbocycles. The van der Waals surface area contributed by atoms with Gasteiger partial charge in [-0.2, -0.15) is 5.10 Å². The summed E-state index contributed by atoms with van der Waals surface area (Å²) in [6.07, 6.45) is 5.35. The predicted octanol–water partition coefficient (Wildman–Crippen LogP) is 1.33. The summed E-state index contributed by atoms with van der Waals surface area (Å²) >= 11 is 0.